The Morgan fingerprint density at radius 1 is 0.656 bits per heavy atom. The lowest BCUT2D eigenvalue weighted by Gasteiger charge is -2.11. The molecule has 2 N–H and O–H groups in total. The molecule has 0 saturated heterocycles. The Morgan fingerprint density at radius 3 is 1.50 bits per heavy atom. The first-order chi connectivity index (χ1) is 15.5. The molecule has 2 aromatic carbocycles. The minimum Gasteiger partial charge on any atom is -0.491 e. The van der Waals surface area contributed by atoms with Crippen LogP contribution in [-0.4, -0.2) is 45.3 Å². The molecule has 2 aromatic heterocycles. The number of hydrogen-bond donors (Lipinski definition) is 2. The van der Waals surface area contributed by atoms with Gasteiger partial charge in [-0.05, 0) is 37.1 Å². The van der Waals surface area contributed by atoms with Gasteiger partial charge in [-0.2, -0.15) is 0 Å². The summed E-state index contributed by atoms with van der Waals surface area (Å²) >= 11 is 0. The molecule has 0 saturated carbocycles. The van der Waals surface area contributed by atoms with Crippen molar-refractivity contribution in [2.24, 2.45) is 0 Å². The van der Waals surface area contributed by atoms with Crippen LogP contribution in [0.3, 0.4) is 0 Å². The number of ether oxygens (including phenoxy) is 2. The zero-order chi connectivity index (χ0) is 22.5. The first-order valence-corrected chi connectivity index (χ1v) is 10.0. The summed E-state index contributed by atoms with van der Waals surface area (Å²) in [5, 5.41) is 19.9. The molecule has 0 aliphatic heterocycles. The van der Waals surface area contributed by atoms with E-state index < -0.39 is 11.9 Å². The maximum atomic E-state index is 11.2. The summed E-state index contributed by atoms with van der Waals surface area (Å²) in [4.78, 5) is 30.7. The lowest BCUT2D eigenvalue weighted by molar-refractivity contribution is 0.0680. The van der Waals surface area contributed by atoms with Gasteiger partial charge in [0.1, 0.15) is 33.9 Å². The van der Waals surface area contributed by atoms with E-state index in [0.717, 1.165) is 10.8 Å². The topological polar surface area (TPSA) is 119 Å². The summed E-state index contributed by atoms with van der Waals surface area (Å²) in [6.45, 7) is 0.830. The molecule has 0 unspecified atom stereocenters. The Morgan fingerprint density at radius 2 is 1.09 bits per heavy atom. The van der Waals surface area contributed by atoms with Gasteiger partial charge in [-0.25, -0.2) is 19.6 Å². The number of fused-ring (bicyclic) bond motifs is 2. The maximum Gasteiger partial charge on any atom is 0.354 e. The number of benzene rings is 2. The van der Waals surface area contributed by atoms with Crippen LogP contribution < -0.4 is 9.47 Å². The van der Waals surface area contributed by atoms with Crippen molar-refractivity contribution in [1.82, 2.24) is 9.97 Å². The lowest BCUT2D eigenvalue weighted by Crippen LogP contribution is -2.05. The number of carbonyl (C=O) groups is 2. The minimum absolute atomic E-state index is 0.0308. The number of hydrogen-bond acceptors (Lipinski definition) is 6. The number of aromatic nitrogens is 2. The largest absolute Gasteiger partial charge is 0.491 e. The van der Waals surface area contributed by atoms with Crippen LogP contribution in [0.2, 0.25) is 0 Å². The van der Waals surface area contributed by atoms with E-state index >= 15 is 0 Å². The Labute approximate surface area is 183 Å². The second-order valence-corrected chi connectivity index (χ2v) is 7.06. The highest BCUT2D eigenvalue weighted by molar-refractivity contribution is 5.92. The molecule has 8 nitrogen and oxygen atoms in total. The summed E-state index contributed by atoms with van der Waals surface area (Å²) in [5.74, 6) is -1.11. The molecule has 0 aliphatic carbocycles. The van der Waals surface area contributed by atoms with Gasteiger partial charge in [0.2, 0.25) is 0 Å². The summed E-state index contributed by atoms with van der Waals surface area (Å²) in [5.41, 5.74) is 0.966. The van der Waals surface area contributed by atoms with Crippen molar-refractivity contribution in [2.45, 2.75) is 12.8 Å². The molecule has 0 bridgehead atoms. The molecular weight excluding hydrogens is 412 g/mol. The van der Waals surface area contributed by atoms with Crippen LogP contribution in [0.4, 0.5) is 0 Å². The summed E-state index contributed by atoms with van der Waals surface area (Å²) in [6, 6.07) is 17.2. The zero-order valence-corrected chi connectivity index (χ0v) is 17.0. The highest BCUT2D eigenvalue weighted by Crippen LogP contribution is 2.25. The fraction of sp³-hybridized carbons (Fsp3) is 0.167. The Balaban J connectivity index is 1.34. The minimum atomic E-state index is -1.09. The van der Waals surface area contributed by atoms with Gasteiger partial charge in [-0.3, -0.25) is 0 Å². The van der Waals surface area contributed by atoms with Gasteiger partial charge < -0.3 is 19.7 Å². The number of unbranched alkanes of at least 4 members (excludes halogenated alkanes) is 1. The fourth-order valence-electron chi connectivity index (χ4n) is 3.28. The van der Waals surface area contributed by atoms with Crippen molar-refractivity contribution in [2.75, 3.05) is 13.2 Å². The van der Waals surface area contributed by atoms with E-state index in [2.05, 4.69) is 9.97 Å². The molecule has 2 heterocycles. The second-order valence-electron chi connectivity index (χ2n) is 7.06. The van der Waals surface area contributed by atoms with Crippen molar-refractivity contribution in [1.29, 1.82) is 0 Å². The van der Waals surface area contributed by atoms with Crippen LogP contribution in [0.15, 0.2) is 60.7 Å². The zero-order valence-electron chi connectivity index (χ0n) is 17.0. The van der Waals surface area contributed by atoms with Gasteiger partial charge in [0.05, 0.1) is 13.2 Å². The standard InChI is InChI=1S/C24H20N2O6/c27-23(28)17-11-9-15-5-3-7-19(21(15)25-17)31-13-1-2-14-32-20-8-4-6-16-10-12-18(24(29)30)26-22(16)20/h3-12H,1-2,13-14H2,(H,27,28)(H,29,30). The number of carboxylic acids is 2. The van der Waals surface area contributed by atoms with Crippen molar-refractivity contribution >= 4 is 33.7 Å². The van der Waals surface area contributed by atoms with Gasteiger partial charge in [-0.15, -0.1) is 0 Å². The number of carboxylic acid groups (broad SMARTS) is 2. The molecule has 8 heteroatoms. The average molecular weight is 432 g/mol. The van der Waals surface area contributed by atoms with Crippen LogP contribution in [0.5, 0.6) is 11.5 Å². The molecule has 0 spiro atoms. The molecule has 162 valence electrons. The molecule has 32 heavy (non-hydrogen) atoms. The predicted molar refractivity (Wildman–Crippen MR) is 118 cm³/mol. The second kappa shape index (κ2) is 9.30. The van der Waals surface area contributed by atoms with E-state index in [-0.39, 0.29) is 11.4 Å². The van der Waals surface area contributed by atoms with Crippen molar-refractivity contribution in [3.05, 3.63) is 72.1 Å². The Kier molecular flexibility index (Phi) is 6.12. The monoisotopic (exact) mass is 432 g/mol. The third-order valence-electron chi connectivity index (χ3n) is 4.86. The smallest absolute Gasteiger partial charge is 0.354 e. The molecule has 0 atom stereocenters. The normalized spacial score (nSPS) is 10.9. The van der Waals surface area contributed by atoms with E-state index in [1.807, 2.05) is 24.3 Å². The first kappa shape index (κ1) is 21.0. The maximum absolute atomic E-state index is 11.2. The third kappa shape index (κ3) is 4.59. The number of nitrogens with zero attached hydrogens (tertiary/aromatic N) is 2. The molecule has 0 fully saturated rings. The lowest BCUT2D eigenvalue weighted by atomic mass is 10.2. The highest BCUT2D eigenvalue weighted by atomic mass is 16.5. The van der Waals surface area contributed by atoms with Gasteiger partial charge in [0, 0.05) is 10.8 Å². The quantitative estimate of drug-likeness (QED) is 0.373. The summed E-state index contributed by atoms with van der Waals surface area (Å²) in [7, 11) is 0. The van der Waals surface area contributed by atoms with Gasteiger partial charge in [-0.1, -0.05) is 36.4 Å². The van der Waals surface area contributed by atoms with E-state index in [1.165, 1.54) is 12.1 Å². The first-order valence-electron chi connectivity index (χ1n) is 10.0. The van der Waals surface area contributed by atoms with Crippen molar-refractivity contribution in [3.63, 3.8) is 0 Å². The Bertz CT molecular complexity index is 1200. The predicted octanol–water partition coefficient (Wildman–Crippen LogP) is 4.42. The number of aromatic carboxylic acids is 2. The van der Waals surface area contributed by atoms with E-state index in [1.54, 1.807) is 24.3 Å². The van der Waals surface area contributed by atoms with Crippen molar-refractivity contribution in [3.8, 4) is 11.5 Å². The van der Waals surface area contributed by atoms with Crippen molar-refractivity contribution < 1.29 is 29.3 Å². The SMILES string of the molecule is O=C(O)c1ccc2cccc(OCCCCOc3cccc4ccc(C(=O)O)nc34)c2n1. The number of para-hydroxylation sites is 2. The van der Waals surface area contributed by atoms with E-state index in [9.17, 15) is 9.59 Å². The highest BCUT2D eigenvalue weighted by Gasteiger charge is 2.11. The Hall–Kier alpha value is -4.20. The number of pyridine rings is 2. The van der Waals surface area contributed by atoms with E-state index in [4.69, 9.17) is 19.7 Å². The van der Waals surface area contributed by atoms with Crippen LogP contribution in [0.25, 0.3) is 21.8 Å². The van der Waals surface area contributed by atoms with Crippen LogP contribution in [-0.2, 0) is 0 Å². The van der Waals surface area contributed by atoms with Crippen LogP contribution in [0.1, 0.15) is 33.8 Å². The molecule has 4 aromatic rings. The van der Waals surface area contributed by atoms with Gasteiger partial charge in [0.15, 0.2) is 0 Å². The molecule has 0 radical (unpaired) electrons. The molecule has 4 rings (SSSR count). The van der Waals surface area contributed by atoms with Crippen LogP contribution in [0, 0.1) is 0 Å². The van der Waals surface area contributed by atoms with Gasteiger partial charge in [0.25, 0.3) is 0 Å². The van der Waals surface area contributed by atoms with Gasteiger partial charge >= 0.3 is 11.9 Å². The fourth-order valence-corrected chi connectivity index (χ4v) is 3.28. The molecular formula is C24H20N2O6. The number of rotatable bonds is 9. The molecule has 0 aliphatic rings. The van der Waals surface area contributed by atoms with Crippen LogP contribution >= 0.6 is 0 Å². The summed E-state index contributed by atoms with van der Waals surface area (Å²) in [6.07, 6.45) is 1.40. The molecule has 0 amide bonds. The van der Waals surface area contributed by atoms with E-state index in [0.29, 0.717) is 48.6 Å². The summed E-state index contributed by atoms with van der Waals surface area (Å²) < 4.78 is 11.7. The average Bonchev–Trinajstić information content (AvgIpc) is 2.80. The third-order valence-corrected chi connectivity index (χ3v) is 4.86.